The number of hydrogen-bond acceptors (Lipinski definition) is 4. The van der Waals surface area contributed by atoms with Crippen LogP contribution in [0.15, 0.2) is 29.3 Å². The average molecular weight is 333 g/mol. The summed E-state index contributed by atoms with van der Waals surface area (Å²) in [6.07, 6.45) is 1.28. The van der Waals surface area contributed by atoms with Crippen LogP contribution in [0.2, 0.25) is 0 Å². The van der Waals surface area contributed by atoms with Crippen LogP contribution >= 0.6 is 11.8 Å². The molecule has 0 saturated heterocycles. The minimum Gasteiger partial charge on any atom is -0.444 e. The molecule has 0 saturated carbocycles. The molecule has 23 heavy (non-hydrogen) atoms. The lowest BCUT2D eigenvalue weighted by Crippen LogP contribution is -2.46. The molecule has 1 aliphatic heterocycles. The molecular weight excluding hydrogens is 314 g/mol. The summed E-state index contributed by atoms with van der Waals surface area (Å²) in [7, 11) is 0. The summed E-state index contributed by atoms with van der Waals surface area (Å²) >= 11 is 1.53. The Morgan fingerprint density at radius 2 is 2.17 bits per heavy atom. The molecule has 0 bridgehead atoms. The molecule has 0 radical (unpaired) electrons. The molecule has 6 nitrogen and oxygen atoms in total. The van der Waals surface area contributed by atoms with Crippen LogP contribution in [-0.2, 0) is 9.53 Å². The molecule has 2 amide bonds. The van der Waals surface area contributed by atoms with Gasteiger partial charge in [-0.05, 0) is 39.0 Å². The number of carbonyl (C=O) groups excluding carboxylic acids is 2. The molecular formula is C16H19N3O3S. The third-order valence-corrected chi connectivity index (χ3v) is 4.47. The predicted octanol–water partition coefficient (Wildman–Crippen LogP) is 3.11. The van der Waals surface area contributed by atoms with Crippen molar-refractivity contribution < 1.29 is 14.3 Å². The summed E-state index contributed by atoms with van der Waals surface area (Å²) in [5.41, 5.74) is 1.19. The number of aromatic nitrogens is 1. The Morgan fingerprint density at radius 1 is 1.39 bits per heavy atom. The van der Waals surface area contributed by atoms with Crippen LogP contribution < -0.4 is 10.6 Å². The number of aromatic amines is 1. The number of ether oxygens (including phenoxy) is 1. The second-order valence-corrected chi connectivity index (χ2v) is 7.47. The maximum absolute atomic E-state index is 12.3. The maximum atomic E-state index is 12.3. The number of amides is 2. The van der Waals surface area contributed by atoms with Gasteiger partial charge in [-0.25, -0.2) is 4.79 Å². The monoisotopic (exact) mass is 333 g/mol. The average Bonchev–Trinajstić information content (AvgIpc) is 2.82. The maximum Gasteiger partial charge on any atom is 0.408 e. The predicted molar refractivity (Wildman–Crippen MR) is 90.8 cm³/mol. The molecule has 7 heteroatoms. The van der Waals surface area contributed by atoms with Crippen LogP contribution in [0.5, 0.6) is 0 Å². The first-order valence-corrected chi connectivity index (χ1v) is 8.35. The highest BCUT2D eigenvalue weighted by Gasteiger charge is 2.28. The fourth-order valence-corrected chi connectivity index (χ4v) is 3.37. The van der Waals surface area contributed by atoms with Gasteiger partial charge in [-0.1, -0.05) is 0 Å². The van der Waals surface area contributed by atoms with Crippen LogP contribution in [0, 0.1) is 0 Å². The lowest BCUT2D eigenvalue weighted by atomic mass is 10.2. The summed E-state index contributed by atoms with van der Waals surface area (Å²) < 4.78 is 5.21. The van der Waals surface area contributed by atoms with E-state index in [-0.39, 0.29) is 5.91 Å². The molecule has 1 atom stereocenters. The van der Waals surface area contributed by atoms with Crippen LogP contribution in [0.4, 0.5) is 10.5 Å². The van der Waals surface area contributed by atoms with E-state index in [2.05, 4.69) is 15.6 Å². The van der Waals surface area contributed by atoms with E-state index in [4.69, 9.17) is 4.74 Å². The van der Waals surface area contributed by atoms with Crippen LogP contribution in [0.3, 0.4) is 0 Å². The van der Waals surface area contributed by atoms with E-state index in [9.17, 15) is 9.59 Å². The highest BCUT2D eigenvalue weighted by molar-refractivity contribution is 7.99. The number of anilines is 1. The van der Waals surface area contributed by atoms with Gasteiger partial charge in [0.15, 0.2) is 0 Å². The normalized spacial score (nSPS) is 18.0. The van der Waals surface area contributed by atoms with Gasteiger partial charge in [0.05, 0.1) is 5.69 Å². The Kier molecular flexibility index (Phi) is 3.97. The van der Waals surface area contributed by atoms with Crippen molar-refractivity contribution in [1.29, 1.82) is 0 Å². The molecule has 3 N–H and O–H groups in total. The number of alkyl carbamates (subject to hydrolysis) is 1. The molecule has 1 aliphatic rings. The van der Waals surface area contributed by atoms with Crippen molar-refractivity contribution in [2.75, 3.05) is 11.1 Å². The van der Waals surface area contributed by atoms with Crippen LogP contribution in [0.25, 0.3) is 10.9 Å². The molecule has 1 aromatic carbocycles. The summed E-state index contributed by atoms with van der Waals surface area (Å²) in [6, 6.07) is 5.25. The number of carbonyl (C=O) groups is 2. The van der Waals surface area contributed by atoms with Crippen LogP contribution in [-0.4, -0.2) is 34.4 Å². The first-order valence-electron chi connectivity index (χ1n) is 7.36. The van der Waals surface area contributed by atoms with Gasteiger partial charge in [-0.15, -0.1) is 11.8 Å². The Balaban J connectivity index is 1.75. The zero-order chi connectivity index (χ0) is 16.6. The minimum absolute atomic E-state index is 0.239. The number of fused-ring (bicyclic) bond motifs is 2. The molecule has 0 aliphatic carbocycles. The quantitative estimate of drug-likeness (QED) is 0.749. The van der Waals surface area contributed by atoms with Gasteiger partial charge in [0.2, 0.25) is 5.91 Å². The zero-order valence-corrected chi connectivity index (χ0v) is 14.0. The van der Waals surface area contributed by atoms with Gasteiger partial charge >= 0.3 is 6.09 Å². The Bertz CT molecular complexity index is 764. The third-order valence-electron chi connectivity index (χ3n) is 3.32. The van der Waals surface area contributed by atoms with Crippen molar-refractivity contribution in [3.8, 4) is 0 Å². The van der Waals surface area contributed by atoms with E-state index < -0.39 is 17.7 Å². The van der Waals surface area contributed by atoms with E-state index in [1.165, 1.54) is 11.8 Å². The first-order chi connectivity index (χ1) is 10.8. The number of hydrogen-bond donors (Lipinski definition) is 3. The lowest BCUT2D eigenvalue weighted by Gasteiger charge is -2.22. The lowest BCUT2D eigenvalue weighted by molar-refractivity contribution is -0.117. The van der Waals surface area contributed by atoms with Gasteiger partial charge in [0, 0.05) is 27.7 Å². The van der Waals surface area contributed by atoms with Crippen LogP contribution in [0.1, 0.15) is 20.8 Å². The van der Waals surface area contributed by atoms with E-state index in [0.717, 1.165) is 21.5 Å². The third kappa shape index (κ3) is 3.61. The van der Waals surface area contributed by atoms with Gasteiger partial charge in [0.1, 0.15) is 11.6 Å². The molecule has 2 aromatic rings. The summed E-state index contributed by atoms with van der Waals surface area (Å²) in [4.78, 5) is 28.4. The number of H-pyrrole nitrogens is 1. The van der Waals surface area contributed by atoms with E-state index in [1.807, 2.05) is 24.4 Å². The summed E-state index contributed by atoms with van der Waals surface area (Å²) in [5, 5.41) is 6.54. The SMILES string of the molecule is CC(C)(C)OC(=O)N[C@H]1CSc2cc3[nH]ccc3cc2NC1=O. The van der Waals surface area contributed by atoms with Gasteiger partial charge in [-0.3, -0.25) is 4.79 Å². The fraction of sp³-hybridized carbons (Fsp3) is 0.375. The summed E-state index contributed by atoms with van der Waals surface area (Å²) in [5.74, 6) is 0.210. The van der Waals surface area contributed by atoms with E-state index in [1.54, 1.807) is 20.8 Å². The van der Waals surface area contributed by atoms with Crippen molar-refractivity contribution >= 4 is 40.4 Å². The largest absolute Gasteiger partial charge is 0.444 e. The second-order valence-electron chi connectivity index (χ2n) is 6.41. The number of rotatable bonds is 1. The Hall–Kier alpha value is -2.15. The van der Waals surface area contributed by atoms with Crippen molar-refractivity contribution in [2.24, 2.45) is 0 Å². The number of nitrogens with one attached hydrogen (secondary N) is 3. The van der Waals surface area contributed by atoms with Gasteiger partial charge in [-0.2, -0.15) is 0 Å². The number of thioether (sulfide) groups is 1. The zero-order valence-electron chi connectivity index (χ0n) is 13.2. The molecule has 122 valence electrons. The molecule has 0 fully saturated rings. The Labute approximate surface area is 138 Å². The van der Waals surface area contributed by atoms with Crippen molar-refractivity contribution in [3.63, 3.8) is 0 Å². The number of benzene rings is 1. The minimum atomic E-state index is -0.638. The topological polar surface area (TPSA) is 83.2 Å². The highest BCUT2D eigenvalue weighted by atomic mass is 32.2. The molecule has 2 heterocycles. The van der Waals surface area contributed by atoms with E-state index in [0.29, 0.717) is 5.75 Å². The Morgan fingerprint density at radius 3 is 2.91 bits per heavy atom. The van der Waals surface area contributed by atoms with Gasteiger partial charge < -0.3 is 20.4 Å². The summed E-state index contributed by atoms with van der Waals surface area (Å²) in [6.45, 7) is 5.35. The molecule has 0 unspecified atom stereocenters. The first kappa shape index (κ1) is 15.7. The van der Waals surface area contributed by atoms with E-state index >= 15 is 0 Å². The standard InChI is InChI=1S/C16H19N3O3S/c1-16(2,3)22-15(21)19-12-8-23-13-7-10-9(4-5-17-10)6-11(13)18-14(12)20/h4-7,12,17H,8H2,1-3H3,(H,18,20)(H,19,21)/t12-/m0/s1. The second kappa shape index (κ2) is 5.81. The van der Waals surface area contributed by atoms with Crippen molar-refractivity contribution in [3.05, 3.63) is 24.4 Å². The smallest absolute Gasteiger partial charge is 0.408 e. The van der Waals surface area contributed by atoms with Crippen molar-refractivity contribution in [1.82, 2.24) is 10.3 Å². The van der Waals surface area contributed by atoms with Gasteiger partial charge in [0.25, 0.3) is 0 Å². The molecule has 0 spiro atoms. The molecule has 3 rings (SSSR count). The molecule has 1 aromatic heterocycles. The fourth-order valence-electron chi connectivity index (χ4n) is 2.32. The van der Waals surface area contributed by atoms with Crippen molar-refractivity contribution in [2.45, 2.75) is 37.3 Å². The highest BCUT2D eigenvalue weighted by Crippen LogP contribution is 2.34.